The third-order valence-electron chi connectivity index (χ3n) is 1.82. The number of carboxylic acid groups (broad SMARTS) is 1. The number of nitrogens with zero attached hydrogens (tertiary/aromatic N) is 1. The van der Waals surface area contributed by atoms with Crippen LogP contribution in [-0.4, -0.2) is 41.1 Å². The van der Waals surface area contributed by atoms with Crippen molar-refractivity contribution in [3.05, 3.63) is 12.2 Å². The number of nitrogens with one attached hydrogen (secondary N) is 1. The standard InChI is InChI=1S/C8H12N2O3/c1-6(7(11)12)9-8(13)10-4-2-3-5-10/h2-3,6H,4-5H2,1H3,(H,9,13)(H,11,12)/t6-/m1/s1. The van der Waals surface area contributed by atoms with Crippen LogP contribution in [0.2, 0.25) is 0 Å². The number of urea groups is 1. The van der Waals surface area contributed by atoms with Crippen molar-refractivity contribution in [3.63, 3.8) is 0 Å². The van der Waals surface area contributed by atoms with Crippen LogP contribution in [0.1, 0.15) is 6.92 Å². The van der Waals surface area contributed by atoms with Crippen LogP contribution in [0, 0.1) is 0 Å². The van der Waals surface area contributed by atoms with Crippen LogP contribution in [0.25, 0.3) is 0 Å². The molecule has 0 aliphatic carbocycles. The van der Waals surface area contributed by atoms with Crippen molar-refractivity contribution in [2.75, 3.05) is 13.1 Å². The number of aliphatic carboxylic acids is 1. The molecule has 0 aromatic heterocycles. The third-order valence-corrected chi connectivity index (χ3v) is 1.82. The SMILES string of the molecule is C[C@@H](NC(=O)N1CC=CC1)C(=O)O. The van der Waals surface area contributed by atoms with Crippen LogP contribution >= 0.6 is 0 Å². The second-order valence-corrected chi connectivity index (χ2v) is 2.89. The smallest absolute Gasteiger partial charge is 0.325 e. The number of carbonyl (C=O) groups excluding carboxylic acids is 1. The zero-order valence-electron chi connectivity index (χ0n) is 7.36. The van der Waals surface area contributed by atoms with Crippen molar-refractivity contribution >= 4 is 12.0 Å². The van der Waals surface area contributed by atoms with Crippen LogP contribution in [0.15, 0.2) is 12.2 Å². The van der Waals surface area contributed by atoms with E-state index in [2.05, 4.69) is 5.32 Å². The maximum atomic E-state index is 11.3. The lowest BCUT2D eigenvalue weighted by Crippen LogP contribution is -2.45. The highest BCUT2D eigenvalue weighted by Crippen LogP contribution is 1.99. The molecule has 2 N–H and O–H groups in total. The van der Waals surface area contributed by atoms with Crippen molar-refractivity contribution < 1.29 is 14.7 Å². The molecule has 1 aliphatic rings. The lowest BCUT2D eigenvalue weighted by atomic mass is 10.3. The molecule has 2 amide bonds. The Morgan fingerprint density at radius 2 is 2.00 bits per heavy atom. The first-order valence-corrected chi connectivity index (χ1v) is 4.04. The summed E-state index contributed by atoms with van der Waals surface area (Å²) in [4.78, 5) is 23.2. The van der Waals surface area contributed by atoms with Gasteiger partial charge in [0, 0.05) is 13.1 Å². The Hall–Kier alpha value is -1.52. The average molecular weight is 184 g/mol. The molecule has 0 fully saturated rings. The second kappa shape index (κ2) is 3.93. The summed E-state index contributed by atoms with van der Waals surface area (Å²) in [6, 6.07) is -1.17. The van der Waals surface area contributed by atoms with Gasteiger partial charge in [0.25, 0.3) is 0 Å². The molecule has 0 saturated carbocycles. The van der Waals surface area contributed by atoms with Crippen LogP contribution in [0.3, 0.4) is 0 Å². The monoisotopic (exact) mass is 184 g/mol. The fourth-order valence-electron chi connectivity index (χ4n) is 0.982. The molecule has 0 aromatic rings. The summed E-state index contributed by atoms with van der Waals surface area (Å²) >= 11 is 0. The Kier molecular flexibility index (Phi) is 2.89. The van der Waals surface area contributed by atoms with Gasteiger partial charge in [0.1, 0.15) is 6.04 Å². The molecule has 1 aliphatic heterocycles. The lowest BCUT2D eigenvalue weighted by molar-refractivity contribution is -0.138. The summed E-state index contributed by atoms with van der Waals surface area (Å²) < 4.78 is 0. The molecule has 5 nitrogen and oxygen atoms in total. The van der Waals surface area contributed by atoms with Gasteiger partial charge >= 0.3 is 12.0 Å². The van der Waals surface area contributed by atoms with Gasteiger partial charge in [-0.3, -0.25) is 4.79 Å². The Labute approximate surface area is 76.0 Å². The molecular formula is C8H12N2O3. The summed E-state index contributed by atoms with van der Waals surface area (Å²) in [7, 11) is 0. The minimum atomic E-state index is -1.03. The number of carbonyl (C=O) groups is 2. The maximum Gasteiger partial charge on any atom is 0.325 e. The molecule has 0 spiro atoms. The molecular weight excluding hydrogens is 172 g/mol. The van der Waals surface area contributed by atoms with Gasteiger partial charge in [0.2, 0.25) is 0 Å². The topological polar surface area (TPSA) is 69.6 Å². The number of hydrogen-bond donors (Lipinski definition) is 2. The predicted octanol–water partition coefficient (Wildman–Crippen LogP) is 0.0409. The van der Waals surface area contributed by atoms with Crippen molar-refractivity contribution in [2.24, 2.45) is 0 Å². The molecule has 0 radical (unpaired) electrons. The normalized spacial score (nSPS) is 17.2. The highest BCUT2D eigenvalue weighted by atomic mass is 16.4. The van der Waals surface area contributed by atoms with E-state index < -0.39 is 12.0 Å². The van der Waals surface area contributed by atoms with Crippen molar-refractivity contribution in [2.45, 2.75) is 13.0 Å². The second-order valence-electron chi connectivity index (χ2n) is 2.89. The van der Waals surface area contributed by atoms with Gasteiger partial charge in [-0.25, -0.2) is 4.79 Å². The Bertz CT molecular complexity index is 242. The molecule has 1 atom stereocenters. The van der Waals surface area contributed by atoms with E-state index in [-0.39, 0.29) is 6.03 Å². The Morgan fingerprint density at radius 1 is 1.46 bits per heavy atom. The van der Waals surface area contributed by atoms with E-state index in [1.807, 2.05) is 12.2 Å². The van der Waals surface area contributed by atoms with Crippen LogP contribution in [-0.2, 0) is 4.79 Å². The Morgan fingerprint density at radius 3 is 2.46 bits per heavy atom. The molecule has 1 rings (SSSR count). The van der Waals surface area contributed by atoms with Crippen molar-refractivity contribution in [1.29, 1.82) is 0 Å². The maximum absolute atomic E-state index is 11.3. The number of hydrogen-bond acceptors (Lipinski definition) is 2. The van der Waals surface area contributed by atoms with E-state index in [0.29, 0.717) is 13.1 Å². The van der Waals surface area contributed by atoms with Crippen LogP contribution in [0.4, 0.5) is 4.79 Å². The first kappa shape index (κ1) is 9.57. The highest BCUT2D eigenvalue weighted by Gasteiger charge is 2.19. The zero-order valence-corrected chi connectivity index (χ0v) is 7.36. The molecule has 0 unspecified atom stereocenters. The third kappa shape index (κ3) is 2.47. The van der Waals surface area contributed by atoms with Gasteiger partial charge in [0.15, 0.2) is 0 Å². The fourth-order valence-corrected chi connectivity index (χ4v) is 0.982. The van der Waals surface area contributed by atoms with Crippen LogP contribution < -0.4 is 5.32 Å². The van der Waals surface area contributed by atoms with Gasteiger partial charge in [0.05, 0.1) is 0 Å². The van der Waals surface area contributed by atoms with Crippen molar-refractivity contribution in [3.8, 4) is 0 Å². The van der Waals surface area contributed by atoms with E-state index >= 15 is 0 Å². The van der Waals surface area contributed by atoms with Gasteiger partial charge in [-0.15, -0.1) is 0 Å². The molecule has 13 heavy (non-hydrogen) atoms. The minimum Gasteiger partial charge on any atom is -0.480 e. The van der Waals surface area contributed by atoms with Gasteiger partial charge in [-0.2, -0.15) is 0 Å². The summed E-state index contributed by atoms with van der Waals surface area (Å²) in [5.74, 6) is -1.03. The average Bonchev–Trinajstić information content (AvgIpc) is 2.55. The van der Waals surface area contributed by atoms with Gasteiger partial charge < -0.3 is 15.3 Å². The van der Waals surface area contributed by atoms with E-state index in [4.69, 9.17) is 5.11 Å². The molecule has 0 aromatic carbocycles. The van der Waals surface area contributed by atoms with E-state index in [0.717, 1.165) is 0 Å². The van der Waals surface area contributed by atoms with Crippen molar-refractivity contribution in [1.82, 2.24) is 10.2 Å². The first-order chi connectivity index (χ1) is 6.11. The summed E-state index contributed by atoms with van der Waals surface area (Å²) in [6.45, 7) is 2.54. The molecule has 72 valence electrons. The quantitative estimate of drug-likeness (QED) is 0.595. The molecule has 0 saturated heterocycles. The molecule has 5 heteroatoms. The lowest BCUT2D eigenvalue weighted by Gasteiger charge is -2.18. The van der Waals surface area contributed by atoms with Crippen LogP contribution in [0.5, 0.6) is 0 Å². The fraction of sp³-hybridized carbons (Fsp3) is 0.500. The van der Waals surface area contributed by atoms with E-state index in [9.17, 15) is 9.59 Å². The summed E-state index contributed by atoms with van der Waals surface area (Å²) in [5.41, 5.74) is 0. The molecule has 1 heterocycles. The van der Waals surface area contributed by atoms with E-state index in [1.165, 1.54) is 11.8 Å². The van der Waals surface area contributed by atoms with Gasteiger partial charge in [-0.05, 0) is 6.92 Å². The summed E-state index contributed by atoms with van der Waals surface area (Å²) in [6.07, 6.45) is 3.73. The number of rotatable bonds is 2. The Balaban J connectivity index is 2.36. The number of amides is 2. The predicted molar refractivity (Wildman–Crippen MR) is 46.3 cm³/mol. The summed E-state index contributed by atoms with van der Waals surface area (Å²) in [5, 5.41) is 10.9. The largest absolute Gasteiger partial charge is 0.480 e. The minimum absolute atomic E-state index is 0.333. The first-order valence-electron chi connectivity index (χ1n) is 4.04. The zero-order chi connectivity index (χ0) is 9.84. The number of carboxylic acids is 1. The van der Waals surface area contributed by atoms with Gasteiger partial charge in [-0.1, -0.05) is 12.2 Å². The highest BCUT2D eigenvalue weighted by molar-refractivity contribution is 5.82. The van der Waals surface area contributed by atoms with E-state index in [1.54, 1.807) is 0 Å². The molecule has 0 bridgehead atoms.